The third-order valence-corrected chi connectivity index (χ3v) is 5.51. The molecule has 156 valence electrons. The monoisotopic (exact) mass is 402 g/mol. The molecule has 0 N–H and O–H groups in total. The number of allylic oxidation sites excluding steroid dienone is 3. The second-order valence-corrected chi connectivity index (χ2v) is 7.65. The third-order valence-electron chi connectivity index (χ3n) is 5.51. The number of carbonyl (C=O) groups excluding carboxylic acids is 2. The van der Waals surface area contributed by atoms with Gasteiger partial charge in [-0.3, -0.25) is 9.59 Å². The van der Waals surface area contributed by atoms with Gasteiger partial charge in [0, 0.05) is 0 Å². The SMILES string of the molecule is C=CCC1(C/C=C/CCCCC)C(=O)N(c2ccccc2)N(c2ccccc2)C1=O. The van der Waals surface area contributed by atoms with E-state index < -0.39 is 5.41 Å². The number of rotatable bonds is 10. The molecule has 30 heavy (non-hydrogen) atoms. The fraction of sp³-hybridized carbons (Fsp3) is 0.308. The van der Waals surface area contributed by atoms with Crippen molar-refractivity contribution in [3.63, 3.8) is 0 Å². The molecule has 2 amide bonds. The Labute approximate surface area is 179 Å². The minimum Gasteiger partial charge on any atom is -0.271 e. The van der Waals surface area contributed by atoms with E-state index in [1.807, 2.05) is 66.7 Å². The summed E-state index contributed by atoms with van der Waals surface area (Å²) >= 11 is 0. The molecule has 2 aromatic carbocycles. The van der Waals surface area contributed by atoms with E-state index >= 15 is 0 Å². The fourth-order valence-corrected chi connectivity index (χ4v) is 3.88. The van der Waals surface area contributed by atoms with Crippen LogP contribution in [-0.2, 0) is 9.59 Å². The zero-order chi connectivity index (χ0) is 21.4. The van der Waals surface area contributed by atoms with Gasteiger partial charge in [0.2, 0.25) is 0 Å². The molecule has 1 aliphatic rings. The van der Waals surface area contributed by atoms with Crippen molar-refractivity contribution in [2.75, 3.05) is 10.0 Å². The number of unbranched alkanes of at least 4 members (excludes halogenated alkanes) is 3. The summed E-state index contributed by atoms with van der Waals surface area (Å²) in [4.78, 5) is 27.5. The second-order valence-electron chi connectivity index (χ2n) is 7.65. The van der Waals surface area contributed by atoms with Gasteiger partial charge in [-0.1, -0.05) is 74.4 Å². The molecule has 0 aromatic heterocycles. The number of anilines is 2. The first-order valence-electron chi connectivity index (χ1n) is 10.7. The number of hydrogen-bond donors (Lipinski definition) is 0. The molecule has 1 aliphatic heterocycles. The van der Waals surface area contributed by atoms with E-state index in [0.717, 1.165) is 12.8 Å². The summed E-state index contributed by atoms with van der Waals surface area (Å²) in [6.07, 6.45) is 10.9. The molecule has 1 saturated heterocycles. The summed E-state index contributed by atoms with van der Waals surface area (Å²) < 4.78 is 0. The van der Waals surface area contributed by atoms with E-state index in [9.17, 15) is 9.59 Å². The number of hydrazine groups is 1. The Morgan fingerprint density at radius 2 is 1.33 bits per heavy atom. The van der Waals surface area contributed by atoms with E-state index in [4.69, 9.17) is 0 Å². The molecule has 3 rings (SSSR count). The van der Waals surface area contributed by atoms with Gasteiger partial charge >= 0.3 is 0 Å². The van der Waals surface area contributed by atoms with Gasteiger partial charge in [-0.15, -0.1) is 6.58 Å². The zero-order valence-electron chi connectivity index (χ0n) is 17.7. The van der Waals surface area contributed by atoms with Crippen LogP contribution in [0.5, 0.6) is 0 Å². The summed E-state index contributed by atoms with van der Waals surface area (Å²) in [5.74, 6) is -0.415. The Bertz CT molecular complexity index is 832. The topological polar surface area (TPSA) is 40.6 Å². The van der Waals surface area contributed by atoms with Crippen molar-refractivity contribution in [3.05, 3.63) is 85.5 Å². The van der Waals surface area contributed by atoms with Crippen LogP contribution >= 0.6 is 0 Å². The molecule has 4 nitrogen and oxygen atoms in total. The van der Waals surface area contributed by atoms with Gasteiger partial charge < -0.3 is 0 Å². The van der Waals surface area contributed by atoms with E-state index in [1.54, 1.807) is 6.08 Å². The maximum Gasteiger partial charge on any atom is 0.262 e. The molecule has 1 fully saturated rings. The first-order valence-corrected chi connectivity index (χ1v) is 10.7. The van der Waals surface area contributed by atoms with Gasteiger partial charge in [0.25, 0.3) is 11.8 Å². The molecule has 0 saturated carbocycles. The summed E-state index contributed by atoms with van der Waals surface area (Å²) in [5, 5.41) is 3.04. The molecule has 2 aromatic rings. The lowest BCUT2D eigenvalue weighted by atomic mass is 9.79. The molecule has 0 bridgehead atoms. The predicted molar refractivity (Wildman–Crippen MR) is 123 cm³/mol. The van der Waals surface area contributed by atoms with Gasteiger partial charge in [0.15, 0.2) is 0 Å². The van der Waals surface area contributed by atoms with Crippen LogP contribution < -0.4 is 10.0 Å². The van der Waals surface area contributed by atoms with Crippen LogP contribution in [-0.4, -0.2) is 11.8 Å². The lowest BCUT2D eigenvalue weighted by Gasteiger charge is -2.27. The molecule has 1 heterocycles. The minimum absolute atomic E-state index is 0.208. The summed E-state index contributed by atoms with van der Waals surface area (Å²) in [5.41, 5.74) is 0.185. The van der Waals surface area contributed by atoms with Gasteiger partial charge in [0.1, 0.15) is 5.41 Å². The fourth-order valence-electron chi connectivity index (χ4n) is 3.88. The van der Waals surface area contributed by atoms with E-state index in [2.05, 4.69) is 19.6 Å². The van der Waals surface area contributed by atoms with E-state index in [-0.39, 0.29) is 11.8 Å². The van der Waals surface area contributed by atoms with Crippen molar-refractivity contribution in [1.29, 1.82) is 0 Å². The second kappa shape index (κ2) is 10.1. The highest BCUT2D eigenvalue weighted by atomic mass is 16.2. The first-order chi connectivity index (χ1) is 14.7. The Morgan fingerprint density at radius 3 is 1.80 bits per heavy atom. The lowest BCUT2D eigenvalue weighted by molar-refractivity contribution is -0.134. The molecule has 0 spiro atoms. The van der Waals surface area contributed by atoms with Gasteiger partial charge in [-0.05, 0) is 49.9 Å². The van der Waals surface area contributed by atoms with Gasteiger partial charge in [0.05, 0.1) is 11.4 Å². The summed E-state index contributed by atoms with van der Waals surface area (Å²) in [6.45, 7) is 6.01. The highest BCUT2D eigenvalue weighted by Gasteiger charge is 2.57. The van der Waals surface area contributed by atoms with E-state index in [0.29, 0.717) is 24.2 Å². The Hall–Kier alpha value is -3.14. The maximum atomic E-state index is 13.8. The van der Waals surface area contributed by atoms with Crippen LogP contribution in [0.2, 0.25) is 0 Å². The van der Waals surface area contributed by atoms with Crippen molar-refractivity contribution < 1.29 is 9.59 Å². The molecule has 0 radical (unpaired) electrons. The van der Waals surface area contributed by atoms with Crippen molar-refractivity contribution in [2.24, 2.45) is 5.41 Å². The average Bonchev–Trinajstić information content (AvgIpc) is 2.99. The van der Waals surface area contributed by atoms with Gasteiger partial charge in [-0.25, -0.2) is 10.0 Å². The molecule has 0 unspecified atom stereocenters. The number of amides is 2. The minimum atomic E-state index is -1.17. The molecular formula is C26H30N2O2. The lowest BCUT2D eigenvalue weighted by Crippen LogP contribution is -2.41. The normalized spacial score (nSPS) is 15.9. The van der Waals surface area contributed by atoms with Crippen LogP contribution in [0.1, 0.15) is 45.4 Å². The van der Waals surface area contributed by atoms with Gasteiger partial charge in [-0.2, -0.15) is 0 Å². The largest absolute Gasteiger partial charge is 0.271 e. The van der Waals surface area contributed by atoms with Crippen molar-refractivity contribution in [2.45, 2.75) is 45.4 Å². The molecule has 0 atom stereocenters. The highest BCUT2D eigenvalue weighted by molar-refractivity contribution is 6.26. The number of para-hydroxylation sites is 2. The standard InChI is InChI=1S/C26H30N2O2/c1-3-5-6-7-8-15-21-26(20-4-2)24(29)27(22-16-11-9-12-17-22)28(25(26)30)23-18-13-10-14-19-23/h4,8-19H,2-3,5-7,20-21H2,1H3/b15-8+. The summed E-state index contributed by atoms with van der Waals surface area (Å²) in [6, 6.07) is 18.7. The van der Waals surface area contributed by atoms with Crippen LogP contribution in [0.4, 0.5) is 11.4 Å². The highest BCUT2D eigenvalue weighted by Crippen LogP contribution is 2.43. The van der Waals surface area contributed by atoms with Crippen molar-refractivity contribution >= 4 is 23.2 Å². The molecular weight excluding hydrogens is 372 g/mol. The third kappa shape index (κ3) is 4.23. The van der Waals surface area contributed by atoms with Crippen molar-refractivity contribution in [3.8, 4) is 0 Å². The maximum absolute atomic E-state index is 13.8. The van der Waals surface area contributed by atoms with Crippen LogP contribution in [0.25, 0.3) is 0 Å². The Morgan fingerprint density at radius 1 is 0.800 bits per heavy atom. The van der Waals surface area contributed by atoms with Crippen molar-refractivity contribution in [1.82, 2.24) is 0 Å². The number of benzene rings is 2. The molecule has 4 heteroatoms. The number of hydrogen-bond acceptors (Lipinski definition) is 2. The average molecular weight is 403 g/mol. The first kappa shape index (κ1) is 21.6. The Kier molecular flexibility index (Phi) is 7.23. The quantitative estimate of drug-likeness (QED) is 0.275. The smallest absolute Gasteiger partial charge is 0.262 e. The summed E-state index contributed by atoms with van der Waals surface area (Å²) in [7, 11) is 0. The van der Waals surface area contributed by atoms with Crippen LogP contribution in [0, 0.1) is 5.41 Å². The zero-order valence-corrected chi connectivity index (χ0v) is 17.7. The van der Waals surface area contributed by atoms with E-state index in [1.165, 1.54) is 22.9 Å². The Balaban J connectivity index is 1.99. The number of nitrogens with zero attached hydrogens (tertiary/aromatic N) is 2. The number of carbonyl (C=O) groups is 2. The van der Waals surface area contributed by atoms with Crippen LogP contribution in [0.3, 0.4) is 0 Å². The van der Waals surface area contributed by atoms with Crippen LogP contribution in [0.15, 0.2) is 85.5 Å². The molecule has 0 aliphatic carbocycles. The predicted octanol–water partition coefficient (Wildman–Crippen LogP) is 6.07.